The number of hydrogen-bond acceptors (Lipinski definition) is 1. The zero-order valence-corrected chi connectivity index (χ0v) is 26.5. The van der Waals surface area contributed by atoms with Gasteiger partial charge in [-0.15, -0.1) is 11.3 Å². The normalized spacial score (nSPS) is 14.2. The maximum Gasteiger partial charge on any atom is 0.0361 e. The molecule has 1 heterocycles. The zero-order valence-electron chi connectivity index (χ0n) is 25.7. The molecule has 1 atom stereocenters. The van der Waals surface area contributed by atoms with E-state index in [2.05, 4.69) is 165 Å². The van der Waals surface area contributed by atoms with E-state index in [9.17, 15) is 0 Å². The van der Waals surface area contributed by atoms with Crippen LogP contribution in [-0.4, -0.2) is 0 Å². The van der Waals surface area contributed by atoms with E-state index in [-0.39, 0.29) is 0 Å². The van der Waals surface area contributed by atoms with Gasteiger partial charge in [-0.3, -0.25) is 0 Å². The summed E-state index contributed by atoms with van der Waals surface area (Å²) in [4.78, 5) is 0. The highest BCUT2D eigenvalue weighted by Gasteiger charge is 2.27. The van der Waals surface area contributed by atoms with Crippen LogP contribution in [0.4, 0.5) is 0 Å². The molecule has 1 aliphatic carbocycles. The molecule has 1 aromatic heterocycles. The van der Waals surface area contributed by atoms with Crippen molar-refractivity contribution in [3.63, 3.8) is 0 Å². The molecule has 218 valence electrons. The lowest BCUT2D eigenvalue weighted by Gasteiger charge is -2.28. The van der Waals surface area contributed by atoms with Gasteiger partial charge >= 0.3 is 0 Å². The summed E-state index contributed by atoms with van der Waals surface area (Å²) in [5.74, 6) is 0.393. The standard InChI is InChI=1S/C45H32S/c1-29-14-12-22-38-42(29)45(39-23-13-25-41-44(39)37-21-10-11-24-40(37)46-41)36-20-9-8-19-35(36)43(38)34-27-32(30-15-4-2-5-16-30)26-33(28-34)31-17-6-3-7-18-31/h2-13,15-29H,14H2,1H3. The molecule has 0 fully saturated rings. The first-order valence-electron chi connectivity index (χ1n) is 16.2. The van der Waals surface area contributed by atoms with Gasteiger partial charge in [-0.25, -0.2) is 0 Å². The fourth-order valence-electron chi connectivity index (χ4n) is 7.62. The number of allylic oxidation sites excluding steroid dienone is 1. The molecule has 0 N–H and O–H groups in total. The molecule has 46 heavy (non-hydrogen) atoms. The smallest absolute Gasteiger partial charge is 0.0361 e. The highest BCUT2D eigenvalue weighted by molar-refractivity contribution is 7.25. The van der Waals surface area contributed by atoms with E-state index >= 15 is 0 Å². The molecule has 0 spiro atoms. The van der Waals surface area contributed by atoms with Gasteiger partial charge in [0.1, 0.15) is 0 Å². The SMILES string of the molecule is CC1CC=Cc2c1c(-c1cccc3sc4ccccc4c13)c1ccccc1c2-c1cc(-c2ccccc2)cc(-c2ccccc2)c1. The minimum absolute atomic E-state index is 0.393. The first-order chi connectivity index (χ1) is 22.7. The second-order valence-electron chi connectivity index (χ2n) is 12.5. The molecule has 1 aliphatic rings. The maximum absolute atomic E-state index is 2.41. The Morgan fingerprint density at radius 3 is 1.76 bits per heavy atom. The van der Waals surface area contributed by atoms with Gasteiger partial charge in [-0.1, -0.05) is 134 Å². The molecule has 7 aromatic carbocycles. The van der Waals surface area contributed by atoms with Crippen LogP contribution in [-0.2, 0) is 0 Å². The molecule has 0 aliphatic heterocycles. The average Bonchev–Trinajstić information content (AvgIpc) is 3.50. The second-order valence-corrected chi connectivity index (χ2v) is 13.6. The van der Waals surface area contributed by atoms with Gasteiger partial charge in [0.25, 0.3) is 0 Å². The number of thiophene rings is 1. The van der Waals surface area contributed by atoms with Gasteiger partial charge in [0, 0.05) is 20.2 Å². The van der Waals surface area contributed by atoms with Gasteiger partial charge in [-0.05, 0) is 109 Å². The van der Waals surface area contributed by atoms with Crippen LogP contribution in [0.1, 0.15) is 30.4 Å². The largest absolute Gasteiger partial charge is 0.135 e. The Morgan fingerprint density at radius 1 is 0.500 bits per heavy atom. The third kappa shape index (κ3) is 4.35. The summed E-state index contributed by atoms with van der Waals surface area (Å²) < 4.78 is 2.70. The summed E-state index contributed by atoms with van der Waals surface area (Å²) in [5.41, 5.74) is 13.1. The molecule has 0 amide bonds. The molecule has 0 bridgehead atoms. The second kappa shape index (κ2) is 11.0. The first-order valence-corrected chi connectivity index (χ1v) is 17.0. The predicted molar refractivity (Wildman–Crippen MR) is 201 cm³/mol. The topological polar surface area (TPSA) is 0 Å². The minimum Gasteiger partial charge on any atom is -0.135 e. The predicted octanol–water partition coefficient (Wildman–Crippen LogP) is 13.4. The van der Waals surface area contributed by atoms with Crippen molar-refractivity contribution < 1.29 is 0 Å². The van der Waals surface area contributed by atoms with Crippen molar-refractivity contribution in [2.75, 3.05) is 0 Å². The van der Waals surface area contributed by atoms with Crippen LogP contribution in [0.15, 0.2) is 152 Å². The zero-order chi connectivity index (χ0) is 30.6. The van der Waals surface area contributed by atoms with Gasteiger partial charge < -0.3 is 0 Å². The van der Waals surface area contributed by atoms with Crippen molar-refractivity contribution in [3.8, 4) is 44.5 Å². The summed E-state index contributed by atoms with van der Waals surface area (Å²) in [6, 6.07) is 53.7. The average molecular weight is 605 g/mol. The Bertz CT molecular complexity index is 2390. The lowest BCUT2D eigenvalue weighted by atomic mass is 9.75. The molecule has 1 heteroatoms. The Kier molecular flexibility index (Phi) is 6.47. The molecular weight excluding hydrogens is 573 g/mol. The maximum atomic E-state index is 2.41. The Hall–Kier alpha value is -5.24. The minimum atomic E-state index is 0.393. The molecule has 0 radical (unpaired) electrons. The van der Waals surface area contributed by atoms with Crippen LogP contribution in [0.25, 0.3) is 81.5 Å². The van der Waals surface area contributed by atoms with Crippen molar-refractivity contribution in [1.29, 1.82) is 0 Å². The summed E-state index contributed by atoms with van der Waals surface area (Å²) >= 11 is 1.90. The third-order valence-electron chi connectivity index (χ3n) is 9.67. The lowest BCUT2D eigenvalue weighted by molar-refractivity contribution is 0.775. The quantitative estimate of drug-likeness (QED) is 0.187. The van der Waals surface area contributed by atoms with E-state index in [0.717, 1.165) is 6.42 Å². The van der Waals surface area contributed by atoms with Crippen molar-refractivity contribution in [1.82, 2.24) is 0 Å². The summed E-state index contributed by atoms with van der Waals surface area (Å²) in [6.45, 7) is 2.41. The van der Waals surface area contributed by atoms with Crippen molar-refractivity contribution >= 4 is 48.4 Å². The Balaban J connectivity index is 1.40. The molecule has 1 unspecified atom stereocenters. The molecule has 9 rings (SSSR count). The first kappa shape index (κ1) is 27.1. The van der Waals surface area contributed by atoms with E-state index in [1.54, 1.807) is 0 Å². The van der Waals surface area contributed by atoms with Crippen LogP contribution in [0.3, 0.4) is 0 Å². The Morgan fingerprint density at radius 2 is 1.07 bits per heavy atom. The van der Waals surface area contributed by atoms with Crippen LogP contribution < -0.4 is 0 Å². The van der Waals surface area contributed by atoms with E-state index in [1.165, 1.54) is 86.6 Å². The van der Waals surface area contributed by atoms with E-state index in [0.29, 0.717) is 5.92 Å². The fourth-order valence-corrected chi connectivity index (χ4v) is 8.75. The van der Waals surface area contributed by atoms with Gasteiger partial charge in [0.2, 0.25) is 0 Å². The molecule has 8 aromatic rings. The molecule has 0 nitrogen and oxygen atoms in total. The number of hydrogen-bond donors (Lipinski definition) is 0. The highest BCUT2D eigenvalue weighted by Crippen LogP contribution is 2.51. The van der Waals surface area contributed by atoms with Crippen LogP contribution >= 0.6 is 11.3 Å². The van der Waals surface area contributed by atoms with Crippen molar-refractivity contribution in [2.45, 2.75) is 19.3 Å². The monoisotopic (exact) mass is 604 g/mol. The van der Waals surface area contributed by atoms with E-state index in [1.807, 2.05) is 11.3 Å². The fraction of sp³-hybridized carbons (Fsp3) is 0.0667. The molecule has 0 saturated carbocycles. The lowest BCUT2D eigenvalue weighted by Crippen LogP contribution is -2.06. The molecule has 0 saturated heterocycles. The Labute approximate surface area is 273 Å². The summed E-state index contributed by atoms with van der Waals surface area (Å²) in [6.07, 6.45) is 5.83. The third-order valence-corrected chi connectivity index (χ3v) is 10.8. The molecular formula is C45H32S. The van der Waals surface area contributed by atoms with Gasteiger partial charge in [-0.2, -0.15) is 0 Å². The van der Waals surface area contributed by atoms with Gasteiger partial charge in [0.15, 0.2) is 0 Å². The van der Waals surface area contributed by atoms with Crippen molar-refractivity contribution in [2.24, 2.45) is 0 Å². The van der Waals surface area contributed by atoms with Gasteiger partial charge in [0.05, 0.1) is 0 Å². The van der Waals surface area contributed by atoms with E-state index in [4.69, 9.17) is 0 Å². The van der Waals surface area contributed by atoms with Crippen LogP contribution in [0.2, 0.25) is 0 Å². The van der Waals surface area contributed by atoms with Crippen molar-refractivity contribution in [3.05, 3.63) is 163 Å². The van der Waals surface area contributed by atoms with E-state index < -0.39 is 0 Å². The summed E-state index contributed by atoms with van der Waals surface area (Å²) in [7, 11) is 0. The van der Waals surface area contributed by atoms with Crippen LogP contribution in [0.5, 0.6) is 0 Å². The van der Waals surface area contributed by atoms with Crippen LogP contribution in [0, 0.1) is 0 Å². The highest BCUT2D eigenvalue weighted by atomic mass is 32.1. The summed E-state index contributed by atoms with van der Waals surface area (Å²) in [5, 5.41) is 5.35. The number of benzene rings is 7. The number of rotatable bonds is 4. The number of fused-ring (bicyclic) bond motifs is 5.